The van der Waals surface area contributed by atoms with Crippen molar-refractivity contribution in [2.45, 2.75) is 44.0 Å². The van der Waals surface area contributed by atoms with Crippen molar-refractivity contribution in [2.24, 2.45) is 0 Å². The van der Waals surface area contributed by atoms with Gasteiger partial charge in [-0.2, -0.15) is 0 Å². The maximum Gasteiger partial charge on any atom is 0.330 e. The summed E-state index contributed by atoms with van der Waals surface area (Å²) in [6.45, 7) is 1.78. The average molecular weight is 394 g/mol. The number of aryl methyl sites for hydroxylation is 1. The number of sulfone groups is 1. The van der Waals surface area contributed by atoms with E-state index in [0.717, 1.165) is 0 Å². The van der Waals surface area contributed by atoms with Crippen molar-refractivity contribution in [2.75, 3.05) is 5.75 Å². The summed E-state index contributed by atoms with van der Waals surface area (Å²) in [4.78, 5) is 26.0. The van der Waals surface area contributed by atoms with Crippen LogP contribution in [0.3, 0.4) is 0 Å². The molecule has 1 aromatic carbocycles. The highest BCUT2D eigenvalue weighted by Gasteiger charge is 2.38. The molecule has 0 aliphatic carbocycles. The Hall–Kier alpha value is -2.23. The van der Waals surface area contributed by atoms with Crippen molar-refractivity contribution in [3.63, 3.8) is 0 Å². The first-order chi connectivity index (χ1) is 12.8. The fourth-order valence-electron chi connectivity index (χ4n) is 3.17. The molecular weight excluding hydrogens is 372 g/mol. The maximum atomic E-state index is 12.4. The van der Waals surface area contributed by atoms with Gasteiger partial charge in [-0.05, 0) is 12.0 Å². The second-order valence-electron chi connectivity index (χ2n) is 6.65. The van der Waals surface area contributed by atoms with Crippen LogP contribution in [-0.4, -0.2) is 41.0 Å². The molecule has 0 spiro atoms. The fourth-order valence-corrected chi connectivity index (χ4v) is 4.79. The normalized spacial score (nSPS) is 22.8. The molecule has 0 saturated carbocycles. The SMILES string of the molecule is CCc1cn([C@H]2C[C@H](O)[C@@H](CS(=O)(=O)Cc3ccccc3)O2)c(=O)[nH]c1=O. The van der Waals surface area contributed by atoms with Crippen molar-refractivity contribution in [1.29, 1.82) is 0 Å². The minimum atomic E-state index is -3.52. The van der Waals surface area contributed by atoms with Gasteiger partial charge >= 0.3 is 5.69 Å². The van der Waals surface area contributed by atoms with Gasteiger partial charge in [-0.3, -0.25) is 14.3 Å². The molecule has 0 radical (unpaired) electrons. The molecule has 0 bridgehead atoms. The summed E-state index contributed by atoms with van der Waals surface area (Å²) in [5.41, 5.74) is -0.0414. The molecule has 2 heterocycles. The molecule has 2 N–H and O–H groups in total. The molecule has 9 heteroatoms. The molecule has 1 fully saturated rings. The van der Waals surface area contributed by atoms with Gasteiger partial charge in [0.2, 0.25) is 0 Å². The van der Waals surface area contributed by atoms with Gasteiger partial charge in [0.1, 0.15) is 12.3 Å². The minimum Gasteiger partial charge on any atom is -0.390 e. The summed E-state index contributed by atoms with van der Waals surface area (Å²) in [7, 11) is -3.52. The van der Waals surface area contributed by atoms with E-state index >= 15 is 0 Å². The van der Waals surface area contributed by atoms with Crippen LogP contribution in [-0.2, 0) is 26.7 Å². The van der Waals surface area contributed by atoms with Crippen molar-refractivity contribution >= 4 is 9.84 Å². The molecule has 146 valence electrons. The van der Waals surface area contributed by atoms with Gasteiger partial charge in [0, 0.05) is 18.2 Å². The zero-order valence-corrected chi connectivity index (χ0v) is 15.7. The van der Waals surface area contributed by atoms with E-state index in [1.807, 2.05) is 0 Å². The number of ether oxygens (including phenoxy) is 1. The van der Waals surface area contributed by atoms with Gasteiger partial charge in [0.25, 0.3) is 5.56 Å². The number of hydrogen-bond acceptors (Lipinski definition) is 6. The van der Waals surface area contributed by atoms with E-state index in [1.54, 1.807) is 37.3 Å². The molecule has 8 nitrogen and oxygen atoms in total. The number of aromatic amines is 1. The van der Waals surface area contributed by atoms with Gasteiger partial charge in [0.05, 0.1) is 17.6 Å². The highest BCUT2D eigenvalue weighted by atomic mass is 32.2. The Kier molecular flexibility index (Phi) is 5.64. The molecular formula is C18H22N2O6S. The first-order valence-electron chi connectivity index (χ1n) is 8.71. The third-order valence-corrected chi connectivity index (χ3v) is 6.19. The molecule has 2 aromatic rings. The summed E-state index contributed by atoms with van der Waals surface area (Å²) in [6.07, 6.45) is -0.886. The topological polar surface area (TPSA) is 118 Å². The monoisotopic (exact) mass is 394 g/mol. The lowest BCUT2D eigenvalue weighted by atomic mass is 10.2. The Balaban J connectivity index is 1.75. The largest absolute Gasteiger partial charge is 0.390 e. The Bertz CT molecular complexity index is 1010. The number of rotatable bonds is 6. The minimum absolute atomic E-state index is 0.0701. The molecule has 1 saturated heterocycles. The van der Waals surface area contributed by atoms with Crippen LogP contribution in [0, 0.1) is 0 Å². The smallest absolute Gasteiger partial charge is 0.330 e. The highest BCUT2D eigenvalue weighted by Crippen LogP contribution is 2.29. The van der Waals surface area contributed by atoms with E-state index in [0.29, 0.717) is 17.5 Å². The lowest BCUT2D eigenvalue weighted by Crippen LogP contribution is -2.34. The van der Waals surface area contributed by atoms with E-state index in [4.69, 9.17) is 4.74 Å². The number of nitrogens with one attached hydrogen (secondary N) is 1. The summed E-state index contributed by atoms with van der Waals surface area (Å²) < 4.78 is 31.8. The van der Waals surface area contributed by atoms with Crippen LogP contribution in [0.1, 0.15) is 30.7 Å². The van der Waals surface area contributed by atoms with Crippen molar-refractivity contribution in [1.82, 2.24) is 9.55 Å². The summed E-state index contributed by atoms with van der Waals surface area (Å²) in [5, 5.41) is 10.2. The first-order valence-corrected chi connectivity index (χ1v) is 10.5. The number of aliphatic hydroxyl groups is 1. The van der Waals surface area contributed by atoms with E-state index in [1.165, 1.54) is 10.8 Å². The van der Waals surface area contributed by atoms with Crippen LogP contribution in [0.25, 0.3) is 0 Å². The zero-order chi connectivity index (χ0) is 19.6. The molecule has 1 aromatic heterocycles. The zero-order valence-electron chi connectivity index (χ0n) is 14.9. The van der Waals surface area contributed by atoms with Gasteiger partial charge < -0.3 is 9.84 Å². The first kappa shape index (κ1) is 19.5. The van der Waals surface area contributed by atoms with E-state index in [2.05, 4.69) is 4.98 Å². The Morgan fingerprint density at radius 1 is 1.26 bits per heavy atom. The predicted molar refractivity (Wildman–Crippen MR) is 99.2 cm³/mol. The maximum absolute atomic E-state index is 12.4. The number of H-pyrrole nitrogens is 1. The molecule has 3 atom stereocenters. The van der Waals surface area contributed by atoms with E-state index in [-0.39, 0.29) is 17.9 Å². The summed E-state index contributed by atoms with van der Waals surface area (Å²) >= 11 is 0. The molecule has 1 aliphatic heterocycles. The number of hydrogen-bond donors (Lipinski definition) is 2. The van der Waals surface area contributed by atoms with Crippen molar-refractivity contribution < 1.29 is 18.3 Å². The number of aromatic nitrogens is 2. The highest BCUT2D eigenvalue weighted by molar-refractivity contribution is 7.90. The van der Waals surface area contributed by atoms with E-state index in [9.17, 15) is 23.1 Å². The van der Waals surface area contributed by atoms with Crippen LogP contribution < -0.4 is 11.2 Å². The Morgan fingerprint density at radius 3 is 2.63 bits per heavy atom. The molecule has 3 rings (SSSR count). The molecule has 27 heavy (non-hydrogen) atoms. The van der Waals surface area contributed by atoms with E-state index < -0.39 is 39.5 Å². The van der Waals surface area contributed by atoms with Gasteiger partial charge in [0.15, 0.2) is 9.84 Å². The molecule has 1 aliphatic rings. The Morgan fingerprint density at radius 2 is 1.96 bits per heavy atom. The quantitative estimate of drug-likeness (QED) is 0.730. The number of aliphatic hydroxyl groups excluding tert-OH is 1. The van der Waals surface area contributed by atoms with Crippen molar-refractivity contribution in [3.05, 3.63) is 68.5 Å². The Labute approximate surface area is 156 Å². The third-order valence-electron chi connectivity index (χ3n) is 4.58. The second kappa shape index (κ2) is 7.79. The van der Waals surface area contributed by atoms with Gasteiger partial charge in [-0.15, -0.1) is 0 Å². The third kappa shape index (κ3) is 4.55. The lowest BCUT2D eigenvalue weighted by Gasteiger charge is -2.16. The lowest BCUT2D eigenvalue weighted by molar-refractivity contribution is -0.00848. The van der Waals surface area contributed by atoms with Crippen LogP contribution in [0.2, 0.25) is 0 Å². The van der Waals surface area contributed by atoms with Crippen LogP contribution in [0.4, 0.5) is 0 Å². The standard InChI is InChI=1S/C18H22N2O6S/c1-2-13-9-20(18(23)19-17(13)22)16-8-14(21)15(26-16)11-27(24,25)10-12-6-4-3-5-7-12/h3-7,9,14-16,21H,2,8,10-11H2,1H3,(H,19,22,23)/t14-,15+,16+/m0/s1. The van der Waals surface area contributed by atoms with Crippen LogP contribution in [0.15, 0.2) is 46.1 Å². The number of benzene rings is 1. The average Bonchev–Trinajstić information content (AvgIpc) is 2.95. The number of nitrogens with zero attached hydrogens (tertiary/aromatic N) is 1. The summed E-state index contributed by atoms with van der Waals surface area (Å²) in [5.74, 6) is -0.498. The van der Waals surface area contributed by atoms with Crippen molar-refractivity contribution in [3.8, 4) is 0 Å². The van der Waals surface area contributed by atoms with Gasteiger partial charge in [-0.25, -0.2) is 13.2 Å². The second-order valence-corrected chi connectivity index (χ2v) is 8.76. The summed E-state index contributed by atoms with van der Waals surface area (Å²) in [6, 6.07) is 8.76. The molecule has 0 unspecified atom stereocenters. The van der Waals surface area contributed by atoms with Crippen LogP contribution >= 0.6 is 0 Å². The molecule has 0 amide bonds. The predicted octanol–water partition coefficient (Wildman–Crippen LogP) is 0.362. The fraction of sp³-hybridized carbons (Fsp3) is 0.444. The van der Waals surface area contributed by atoms with Crippen LogP contribution in [0.5, 0.6) is 0 Å². The van der Waals surface area contributed by atoms with Gasteiger partial charge in [-0.1, -0.05) is 37.3 Å².